The van der Waals surface area contributed by atoms with E-state index < -0.39 is 0 Å². The first-order valence-corrected chi connectivity index (χ1v) is 4.17. The van der Waals surface area contributed by atoms with Crippen LogP contribution < -0.4 is 0 Å². The van der Waals surface area contributed by atoms with Gasteiger partial charge in [-0.05, 0) is 5.92 Å². The third kappa shape index (κ3) is 5.81. The van der Waals surface area contributed by atoms with Crippen molar-refractivity contribution < 1.29 is 18.6 Å². The quantitative estimate of drug-likeness (QED) is 0.598. The molecule has 0 saturated heterocycles. The molecule has 0 spiro atoms. The molecule has 0 nitrogen and oxygen atoms in total. The minimum atomic E-state index is 0. The first-order chi connectivity index (χ1) is 4.36. The zero-order valence-electron chi connectivity index (χ0n) is 8.73. The molecular weight excluding hydrogens is 171 g/mol. The summed E-state index contributed by atoms with van der Waals surface area (Å²) in [4.78, 5) is 0. The zero-order valence-corrected chi connectivity index (χ0v) is 10.1. The predicted molar refractivity (Wildman–Crippen MR) is 47.8 cm³/mol. The molecule has 0 bridgehead atoms. The van der Waals surface area contributed by atoms with Gasteiger partial charge in [0.05, 0.1) is 0 Å². The third-order valence-corrected chi connectivity index (χ3v) is 2.27. The van der Waals surface area contributed by atoms with Gasteiger partial charge in [-0.3, -0.25) is 0 Å². The van der Waals surface area contributed by atoms with E-state index in [9.17, 15) is 0 Å². The van der Waals surface area contributed by atoms with Crippen molar-refractivity contribution in [3.05, 3.63) is 5.92 Å². The summed E-state index contributed by atoms with van der Waals surface area (Å²) < 4.78 is 0. The van der Waals surface area contributed by atoms with E-state index in [-0.39, 0.29) is 18.6 Å². The Hall–Kier alpha value is 0.584. The van der Waals surface area contributed by atoms with Gasteiger partial charge >= 0.3 is 18.6 Å². The Balaban J connectivity index is 0. The van der Waals surface area contributed by atoms with Gasteiger partial charge in [-0.1, -0.05) is 34.1 Å². The van der Waals surface area contributed by atoms with E-state index >= 15 is 0 Å². The van der Waals surface area contributed by atoms with Crippen LogP contribution in [0.5, 0.6) is 0 Å². The van der Waals surface area contributed by atoms with Crippen molar-refractivity contribution in [1.29, 1.82) is 0 Å². The molecule has 0 amide bonds. The number of rotatable bonds is 3. The van der Waals surface area contributed by atoms with Crippen LogP contribution in [0.1, 0.15) is 48.0 Å². The van der Waals surface area contributed by atoms with E-state index in [1.165, 1.54) is 6.42 Å². The minimum absolute atomic E-state index is 0. The van der Waals surface area contributed by atoms with Gasteiger partial charge in [-0.25, -0.2) is 0 Å². The molecule has 0 aliphatic rings. The fraction of sp³-hybridized carbons (Fsp3) is 0.900. The van der Waals surface area contributed by atoms with Gasteiger partial charge in [-0.15, -0.1) is 0 Å². The summed E-state index contributed by atoms with van der Waals surface area (Å²) in [5.41, 5.74) is 0.439. The topological polar surface area (TPSA) is 0 Å². The van der Waals surface area contributed by atoms with Crippen molar-refractivity contribution >= 4 is 0 Å². The average molecular weight is 192 g/mol. The molecule has 0 heterocycles. The average Bonchev–Trinajstić information content (AvgIpc) is 1.60. The van der Waals surface area contributed by atoms with Crippen LogP contribution in [0.25, 0.3) is 0 Å². The van der Waals surface area contributed by atoms with Crippen molar-refractivity contribution in [3.8, 4) is 0 Å². The van der Waals surface area contributed by atoms with Gasteiger partial charge in [0.15, 0.2) is 0 Å². The van der Waals surface area contributed by atoms with Crippen molar-refractivity contribution in [1.82, 2.24) is 0 Å². The smallest absolute Gasteiger partial charge is 0.314 e. The summed E-state index contributed by atoms with van der Waals surface area (Å²) in [7, 11) is 0. The van der Waals surface area contributed by atoms with E-state index in [0.717, 1.165) is 5.92 Å². The first-order valence-electron chi connectivity index (χ1n) is 4.17. The van der Waals surface area contributed by atoms with Crippen LogP contribution in [0.3, 0.4) is 0 Å². The molecule has 0 unspecified atom stereocenters. The Kier molecular flexibility index (Phi) is 6.77. The summed E-state index contributed by atoms with van der Waals surface area (Å²) >= 11 is 0. The zero-order chi connectivity index (χ0) is 8.36. The Morgan fingerprint density at radius 3 is 1.64 bits per heavy atom. The normalized spacial score (nSPS) is 12.0. The van der Waals surface area contributed by atoms with Gasteiger partial charge < -0.3 is 5.92 Å². The van der Waals surface area contributed by atoms with E-state index in [2.05, 4.69) is 41.5 Å². The van der Waals surface area contributed by atoms with Crippen LogP contribution in [0.15, 0.2) is 0 Å². The Labute approximate surface area is 84.0 Å². The Morgan fingerprint density at radius 2 is 1.55 bits per heavy atom. The van der Waals surface area contributed by atoms with Crippen LogP contribution in [-0.4, -0.2) is 0 Å². The predicted octanol–water partition coefficient (Wildman–Crippen LogP) is 3.67. The summed E-state index contributed by atoms with van der Waals surface area (Å²) in [6.45, 7) is 13.7. The molecule has 0 aromatic heterocycles. The monoisotopic (exact) mass is 192 g/mol. The molecular formula is C10H21V+. The fourth-order valence-electron chi connectivity index (χ4n) is 1.22. The molecule has 65 valence electrons. The Bertz CT molecular complexity index is 93.0. The maximum absolute atomic E-state index is 2.32. The molecule has 0 aliphatic carbocycles. The molecule has 0 rings (SSSR count). The van der Waals surface area contributed by atoms with Crippen molar-refractivity contribution in [2.24, 2.45) is 11.3 Å². The molecule has 0 aliphatic heterocycles. The second-order valence-electron chi connectivity index (χ2n) is 4.48. The molecule has 0 aromatic rings. The first kappa shape index (κ1) is 14.1. The van der Waals surface area contributed by atoms with E-state index in [0.29, 0.717) is 5.41 Å². The van der Waals surface area contributed by atoms with Gasteiger partial charge in [0, 0.05) is 0 Å². The molecule has 0 fully saturated rings. The fourth-order valence-corrected chi connectivity index (χ4v) is 1.22. The van der Waals surface area contributed by atoms with Gasteiger partial charge in [-0.2, -0.15) is 19.3 Å². The third-order valence-electron chi connectivity index (χ3n) is 2.27. The molecule has 0 saturated carbocycles. The van der Waals surface area contributed by atoms with Crippen LogP contribution >= 0.6 is 0 Å². The maximum atomic E-state index is 2.32. The molecule has 0 N–H and O–H groups in total. The summed E-state index contributed by atoms with van der Waals surface area (Å²) in [6, 6.07) is 0. The number of hydrogen-bond donors (Lipinski definition) is 0. The van der Waals surface area contributed by atoms with Crippen LogP contribution in [-0.2, 0) is 18.6 Å². The molecule has 1 heteroatoms. The summed E-state index contributed by atoms with van der Waals surface area (Å²) in [5, 5.41) is 0. The van der Waals surface area contributed by atoms with Crippen molar-refractivity contribution in [2.75, 3.05) is 0 Å². The van der Waals surface area contributed by atoms with E-state index in [4.69, 9.17) is 0 Å². The second-order valence-corrected chi connectivity index (χ2v) is 4.48. The minimum Gasteiger partial charge on any atom is -0.314 e. The van der Waals surface area contributed by atoms with Crippen LogP contribution in [0.2, 0.25) is 0 Å². The molecule has 11 heavy (non-hydrogen) atoms. The number of hydrogen-bond acceptors (Lipinski definition) is 0. The van der Waals surface area contributed by atoms with Crippen molar-refractivity contribution in [2.45, 2.75) is 48.0 Å². The van der Waals surface area contributed by atoms with Gasteiger partial charge in [0.1, 0.15) is 0 Å². The standard InChI is InChI=1S/C10H21.V/c1-8(2)7-10(5,6)9(3)4;/h8H,7H2,1-6H3;/q-1;+2. The van der Waals surface area contributed by atoms with E-state index in [1.54, 1.807) is 5.92 Å². The van der Waals surface area contributed by atoms with Gasteiger partial charge in [0.25, 0.3) is 0 Å². The maximum Gasteiger partial charge on any atom is 2.00 e. The largest absolute Gasteiger partial charge is 2.00 e. The van der Waals surface area contributed by atoms with Crippen LogP contribution in [0, 0.1) is 17.3 Å². The van der Waals surface area contributed by atoms with Gasteiger partial charge in [0.2, 0.25) is 0 Å². The van der Waals surface area contributed by atoms with Crippen LogP contribution in [0.4, 0.5) is 0 Å². The molecule has 0 aromatic carbocycles. The SMILES string of the molecule is C[C-](C)C(C)(C)CC(C)C.[V+2]. The Morgan fingerprint density at radius 1 is 1.18 bits per heavy atom. The second kappa shape index (κ2) is 5.27. The summed E-state index contributed by atoms with van der Waals surface area (Å²) in [5.74, 6) is 2.35. The molecule has 1 radical (unpaired) electrons. The van der Waals surface area contributed by atoms with Crippen molar-refractivity contribution in [3.63, 3.8) is 0 Å². The molecule has 0 atom stereocenters. The summed E-state index contributed by atoms with van der Waals surface area (Å²) in [6.07, 6.45) is 1.30. The van der Waals surface area contributed by atoms with E-state index in [1.807, 2.05) is 0 Å².